The summed E-state index contributed by atoms with van der Waals surface area (Å²) >= 11 is 3.02. The van der Waals surface area contributed by atoms with Gasteiger partial charge in [-0.3, -0.25) is 4.79 Å². The fraction of sp³-hybridized carbons (Fsp3) is 0.385. The van der Waals surface area contributed by atoms with E-state index in [1.807, 2.05) is 19.9 Å². The van der Waals surface area contributed by atoms with Gasteiger partial charge in [0.05, 0.1) is 22.3 Å². The van der Waals surface area contributed by atoms with Gasteiger partial charge < -0.3 is 10.2 Å². The van der Waals surface area contributed by atoms with Gasteiger partial charge in [-0.2, -0.15) is 5.26 Å². The summed E-state index contributed by atoms with van der Waals surface area (Å²) in [6.45, 7) is 5.05. The molecule has 0 saturated carbocycles. The third kappa shape index (κ3) is 3.67. The van der Waals surface area contributed by atoms with Gasteiger partial charge >= 0.3 is 0 Å². The molecule has 0 spiro atoms. The Morgan fingerprint density at radius 2 is 2.11 bits per heavy atom. The summed E-state index contributed by atoms with van der Waals surface area (Å²) in [5, 5.41) is 11.5. The molecule has 6 heteroatoms. The molecule has 0 atom stereocenters. The molecule has 1 aromatic carbocycles. The van der Waals surface area contributed by atoms with Crippen LogP contribution in [0.15, 0.2) is 16.6 Å². The van der Waals surface area contributed by atoms with Crippen molar-refractivity contribution in [1.29, 1.82) is 5.26 Å². The summed E-state index contributed by atoms with van der Waals surface area (Å²) in [4.78, 5) is 13.4. The molecule has 0 saturated heterocycles. The van der Waals surface area contributed by atoms with E-state index in [0.29, 0.717) is 13.1 Å². The van der Waals surface area contributed by atoms with Gasteiger partial charge in [-0.05, 0) is 41.9 Å². The molecule has 1 amide bonds. The highest BCUT2D eigenvalue weighted by atomic mass is 79.9. The lowest BCUT2D eigenvalue weighted by molar-refractivity contribution is -0.128. The molecule has 1 aromatic rings. The van der Waals surface area contributed by atoms with E-state index in [1.54, 1.807) is 4.90 Å². The molecule has 4 nitrogen and oxygen atoms in total. The number of carbonyl (C=O) groups is 1. The Bertz CT molecular complexity index is 509. The summed E-state index contributed by atoms with van der Waals surface area (Å²) in [6, 6.07) is 4.82. The van der Waals surface area contributed by atoms with Gasteiger partial charge in [-0.25, -0.2) is 4.39 Å². The first-order valence-electron chi connectivity index (χ1n) is 5.94. The third-order valence-electron chi connectivity index (χ3n) is 2.75. The number of anilines is 1. The van der Waals surface area contributed by atoms with Crippen LogP contribution in [0, 0.1) is 17.1 Å². The topological polar surface area (TPSA) is 56.1 Å². The lowest BCUT2D eigenvalue weighted by Crippen LogP contribution is -2.35. The Hall–Kier alpha value is -1.61. The first-order chi connectivity index (χ1) is 9.04. The highest BCUT2D eigenvalue weighted by molar-refractivity contribution is 9.10. The molecular weight excluding hydrogens is 313 g/mol. The summed E-state index contributed by atoms with van der Waals surface area (Å²) in [5.74, 6) is -0.656. The molecular formula is C13H15BrFN3O. The first-order valence-corrected chi connectivity index (χ1v) is 6.74. The molecule has 0 bridgehead atoms. The van der Waals surface area contributed by atoms with Gasteiger partial charge in [-0.15, -0.1) is 0 Å². The molecule has 0 fully saturated rings. The molecule has 0 aliphatic heterocycles. The predicted molar refractivity (Wildman–Crippen MR) is 75.2 cm³/mol. The number of nitrogens with one attached hydrogen (secondary N) is 1. The predicted octanol–water partition coefficient (Wildman–Crippen LogP) is 2.74. The Morgan fingerprint density at radius 3 is 2.63 bits per heavy atom. The standard InChI is InChI=1S/C13H15BrFN3O/c1-3-18(4-2)11(19)8-17-10-6-5-9(7-16)12(14)13(10)15/h5-6,17H,3-4,8H2,1-2H3. The van der Waals surface area contributed by atoms with Crippen molar-refractivity contribution in [3.8, 4) is 6.07 Å². The molecule has 1 N–H and O–H groups in total. The van der Waals surface area contributed by atoms with Crippen LogP contribution in [-0.4, -0.2) is 30.4 Å². The number of benzene rings is 1. The Labute approximate surface area is 120 Å². The van der Waals surface area contributed by atoms with Crippen LogP contribution in [0.2, 0.25) is 0 Å². The van der Waals surface area contributed by atoms with Crippen molar-refractivity contribution in [2.45, 2.75) is 13.8 Å². The smallest absolute Gasteiger partial charge is 0.241 e. The molecule has 0 aliphatic rings. The van der Waals surface area contributed by atoms with Crippen molar-refractivity contribution in [2.75, 3.05) is 25.0 Å². The van der Waals surface area contributed by atoms with Crippen LogP contribution >= 0.6 is 15.9 Å². The first kappa shape index (κ1) is 15.4. The van der Waals surface area contributed by atoms with E-state index in [4.69, 9.17) is 5.26 Å². The fourth-order valence-corrected chi connectivity index (χ4v) is 2.07. The van der Waals surface area contributed by atoms with Gasteiger partial charge in [0.15, 0.2) is 5.82 Å². The number of rotatable bonds is 5. The fourth-order valence-electron chi connectivity index (χ4n) is 1.63. The highest BCUT2D eigenvalue weighted by Crippen LogP contribution is 2.26. The SMILES string of the molecule is CCN(CC)C(=O)CNc1ccc(C#N)c(Br)c1F. The molecule has 0 aliphatic carbocycles. The Balaban J connectivity index is 2.77. The number of halogens is 2. The Morgan fingerprint density at radius 1 is 1.47 bits per heavy atom. The minimum absolute atomic E-state index is 0.0247. The maximum Gasteiger partial charge on any atom is 0.241 e. The van der Waals surface area contributed by atoms with Gasteiger partial charge in [0.25, 0.3) is 0 Å². The summed E-state index contributed by atoms with van der Waals surface area (Å²) < 4.78 is 14.0. The average molecular weight is 328 g/mol. The van der Waals surface area contributed by atoms with Gasteiger partial charge in [0.1, 0.15) is 6.07 Å². The molecule has 19 heavy (non-hydrogen) atoms. The minimum Gasteiger partial charge on any atom is -0.374 e. The number of likely N-dealkylation sites (N-methyl/N-ethyl adjacent to an activating group) is 1. The van der Waals surface area contributed by atoms with Crippen LogP contribution in [0.1, 0.15) is 19.4 Å². The zero-order valence-electron chi connectivity index (χ0n) is 10.8. The van der Waals surface area contributed by atoms with E-state index < -0.39 is 5.82 Å². The van der Waals surface area contributed by atoms with Crippen LogP contribution in [0.5, 0.6) is 0 Å². The lowest BCUT2D eigenvalue weighted by Gasteiger charge is -2.19. The largest absolute Gasteiger partial charge is 0.374 e. The van der Waals surface area contributed by atoms with E-state index in [2.05, 4.69) is 21.2 Å². The second-order valence-corrected chi connectivity index (χ2v) is 4.61. The number of hydrogen-bond donors (Lipinski definition) is 1. The molecule has 0 radical (unpaired) electrons. The lowest BCUT2D eigenvalue weighted by atomic mass is 10.2. The maximum atomic E-state index is 13.9. The van der Waals surface area contributed by atoms with Crippen molar-refractivity contribution in [3.63, 3.8) is 0 Å². The third-order valence-corrected chi connectivity index (χ3v) is 3.52. The molecule has 1 rings (SSSR count). The van der Waals surface area contributed by atoms with E-state index in [-0.39, 0.29) is 28.2 Å². The number of nitrogens with zero attached hydrogens (tertiary/aromatic N) is 2. The Kier molecular flexibility index (Phi) is 5.77. The molecule has 0 heterocycles. The monoisotopic (exact) mass is 327 g/mol. The van der Waals surface area contributed by atoms with Crippen molar-refractivity contribution >= 4 is 27.5 Å². The number of hydrogen-bond acceptors (Lipinski definition) is 3. The number of amides is 1. The second kappa shape index (κ2) is 7.10. The highest BCUT2D eigenvalue weighted by Gasteiger charge is 2.13. The van der Waals surface area contributed by atoms with E-state index >= 15 is 0 Å². The summed E-state index contributed by atoms with van der Waals surface area (Å²) in [6.07, 6.45) is 0. The maximum absolute atomic E-state index is 13.9. The van der Waals surface area contributed by atoms with Crippen LogP contribution in [0.3, 0.4) is 0 Å². The number of carbonyl (C=O) groups excluding carboxylic acids is 1. The van der Waals surface area contributed by atoms with E-state index in [1.165, 1.54) is 12.1 Å². The van der Waals surface area contributed by atoms with Crippen molar-refractivity contribution < 1.29 is 9.18 Å². The zero-order chi connectivity index (χ0) is 14.4. The van der Waals surface area contributed by atoms with Crippen molar-refractivity contribution in [3.05, 3.63) is 28.0 Å². The van der Waals surface area contributed by atoms with E-state index in [0.717, 1.165) is 0 Å². The van der Waals surface area contributed by atoms with E-state index in [9.17, 15) is 9.18 Å². The van der Waals surface area contributed by atoms with Crippen LogP contribution in [-0.2, 0) is 4.79 Å². The van der Waals surface area contributed by atoms with Crippen LogP contribution < -0.4 is 5.32 Å². The normalized spacial score (nSPS) is 9.84. The summed E-state index contributed by atoms with van der Waals surface area (Å²) in [5.41, 5.74) is 0.421. The van der Waals surface area contributed by atoms with Gasteiger partial charge in [0, 0.05) is 13.1 Å². The summed E-state index contributed by atoms with van der Waals surface area (Å²) in [7, 11) is 0. The quantitative estimate of drug-likeness (QED) is 0.904. The zero-order valence-corrected chi connectivity index (χ0v) is 12.4. The minimum atomic E-state index is -0.564. The molecule has 0 unspecified atom stereocenters. The molecule has 102 valence electrons. The second-order valence-electron chi connectivity index (χ2n) is 3.82. The van der Waals surface area contributed by atoms with Crippen molar-refractivity contribution in [1.82, 2.24) is 4.90 Å². The molecule has 0 aromatic heterocycles. The average Bonchev–Trinajstić information content (AvgIpc) is 2.42. The van der Waals surface area contributed by atoms with Crippen LogP contribution in [0.4, 0.5) is 10.1 Å². The van der Waals surface area contributed by atoms with Gasteiger partial charge in [0.2, 0.25) is 5.91 Å². The van der Waals surface area contributed by atoms with Crippen molar-refractivity contribution in [2.24, 2.45) is 0 Å². The van der Waals surface area contributed by atoms with Crippen LogP contribution in [0.25, 0.3) is 0 Å². The van der Waals surface area contributed by atoms with Gasteiger partial charge in [-0.1, -0.05) is 0 Å². The number of nitriles is 1.